The van der Waals surface area contributed by atoms with Crippen molar-refractivity contribution in [1.29, 1.82) is 0 Å². The Kier molecular flexibility index (Phi) is 9.39. The molecule has 0 atom stereocenters. The molecule has 1 aromatic heterocycles. The number of rotatable bonds is 8. The van der Waals surface area contributed by atoms with Gasteiger partial charge < -0.3 is 24.8 Å². The van der Waals surface area contributed by atoms with Crippen molar-refractivity contribution in [2.75, 3.05) is 27.2 Å². The lowest BCUT2D eigenvalue weighted by molar-refractivity contribution is -0.134. The predicted molar refractivity (Wildman–Crippen MR) is 106 cm³/mol. The Labute approximate surface area is 163 Å². The van der Waals surface area contributed by atoms with Gasteiger partial charge in [0.05, 0.1) is 11.6 Å². The standard InChI is InChI=1S/C15H21ClN2O.C4H4O4/c1-4-9-19-13-6-5-12-14(15(13)16)11(10-17-12)7-8-18(2)3;5-3(6)1-2-4(7)8/h5-6,10,17H,4,7-9H2,1-3H3;1-2H,(H,5,6)(H,7,8)/b;2-1+. The molecule has 0 unspecified atom stereocenters. The molecule has 2 rings (SSSR count). The van der Waals surface area contributed by atoms with Crippen LogP contribution in [0, 0.1) is 0 Å². The van der Waals surface area contributed by atoms with Gasteiger partial charge >= 0.3 is 11.9 Å². The summed E-state index contributed by atoms with van der Waals surface area (Å²) in [7, 11) is 4.15. The number of carboxylic acids is 2. The third-order valence-corrected chi connectivity index (χ3v) is 3.86. The number of ether oxygens (including phenoxy) is 1. The molecule has 0 bridgehead atoms. The maximum atomic E-state index is 9.55. The molecular formula is C19H25ClN2O5. The van der Waals surface area contributed by atoms with Crippen molar-refractivity contribution in [3.8, 4) is 5.75 Å². The average Bonchev–Trinajstić information content (AvgIpc) is 3.02. The van der Waals surface area contributed by atoms with Crippen LogP contribution >= 0.6 is 11.6 Å². The van der Waals surface area contributed by atoms with Gasteiger partial charge in [-0.3, -0.25) is 0 Å². The van der Waals surface area contributed by atoms with Gasteiger partial charge in [-0.2, -0.15) is 0 Å². The number of hydrogen-bond acceptors (Lipinski definition) is 4. The zero-order chi connectivity index (χ0) is 20.4. The molecule has 0 aliphatic heterocycles. The van der Waals surface area contributed by atoms with Crippen molar-refractivity contribution < 1.29 is 24.5 Å². The number of likely N-dealkylation sites (N-methyl/N-ethyl adjacent to an activating group) is 1. The number of H-pyrrole nitrogens is 1. The molecule has 3 N–H and O–H groups in total. The zero-order valence-corrected chi connectivity index (χ0v) is 16.4. The Morgan fingerprint density at radius 2 is 1.85 bits per heavy atom. The van der Waals surface area contributed by atoms with Crippen molar-refractivity contribution in [3.63, 3.8) is 0 Å². The number of carbonyl (C=O) groups is 2. The third kappa shape index (κ3) is 7.72. The van der Waals surface area contributed by atoms with E-state index in [-0.39, 0.29) is 0 Å². The Bertz CT molecular complexity index is 783. The highest BCUT2D eigenvalue weighted by Crippen LogP contribution is 2.35. The normalized spacial score (nSPS) is 10.9. The van der Waals surface area contributed by atoms with Crippen molar-refractivity contribution >= 4 is 34.4 Å². The predicted octanol–water partition coefficient (Wildman–Crippen LogP) is 3.43. The summed E-state index contributed by atoms with van der Waals surface area (Å²) in [5.41, 5.74) is 2.32. The number of fused-ring (bicyclic) bond motifs is 1. The topological polar surface area (TPSA) is 103 Å². The number of nitrogens with zero attached hydrogens (tertiary/aromatic N) is 1. The fourth-order valence-electron chi connectivity index (χ4n) is 2.24. The van der Waals surface area contributed by atoms with E-state index in [0.717, 1.165) is 41.1 Å². The van der Waals surface area contributed by atoms with Gasteiger partial charge in [-0.25, -0.2) is 9.59 Å². The zero-order valence-electron chi connectivity index (χ0n) is 15.7. The van der Waals surface area contributed by atoms with Crippen LogP contribution in [0.2, 0.25) is 5.02 Å². The van der Waals surface area contributed by atoms with Crippen LogP contribution in [-0.2, 0) is 16.0 Å². The van der Waals surface area contributed by atoms with Crippen LogP contribution < -0.4 is 4.74 Å². The van der Waals surface area contributed by atoms with Crippen LogP contribution in [-0.4, -0.2) is 59.3 Å². The Morgan fingerprint density at radius 1 is 1.22 bits per heavy atom. The van der Waals surface area contributed by atoms with Gasteiger partial charge in [-0.1, -0.05) is 18.5 Å². The van der Waals surface area contributed by atoms with Gasteiger partial charge in [-0.15, -0.1) is 0 Å². The van der Waals surface area contributed by atoms with E-state index in [0.29, 0.717) is 18.8 Å². The van der Waals surface area contributed by atoms with E-state index in [4.69, 9.17) is 26.6 Å². The molecule has 1 heterocycles. The van der Waals surface area contributed by atoms with E-state index in [1.807, 2.05) is 18.3 Å². The summed E-state index contributed by atoms with van der Waals surface area (Å²) in [5.74, 6) is -1.73. The average molecular weight is 397 g/mol. The largest absolute Gasteiger partial charge is 0.492 e. The van der Waals surface area contributed by atoms with Gasteiger partial charge in [0.25, 0.3) is 0 Å². The summed E-state index contributed by atoms with van der Waals surface area (Å²) in [4.78, 5) is 24.6. The quantitative estimate of drug-likeness (QED) is 0.591. The molecule has 148 valence electrons. The molecule has 0 fully saturated rings. The lowest BCUT2D eigenvalue weighted by Gasteiger charge is -2.10. The molecular weight excluding hydrogens is 372 g/mol. The number of aromatic nitrogens is 1. The first kappa shape index (κ1) is 22.5. The lowest BCUT2D eigenvalue weighted by atomic mass is 10.1. The summed E-state index contributed by atoms with van der Waals surface area (Å²) in [6.45, 7) is 3.79. The fourth-order valence-corrected chi connectivity index (χ4v) is 2.58. The Morgan fingerprint density at radius 3 is 2.37 bits per heavy atom. The molecule has 27 heavy (non-hydrogen) atoms. The monoisotopic (exact) mass is 396 g/mol. The molecule has 0 radical (unpaired) electrons. The molecule has 0 aliphatic carbocycles. The summed E-state index contributed by atoms with van der Waals surface area (Å²) < 4.78 is 5.69. The van der Waals surface area contributed by atoms with Crippen molar-refractivity contribution in [2.24, 2.45) is 0 Å². The highest BCUT2D eigenvalue weighted by atomic mass is 35.5. The summed E-state index contributed by atoms with van der Waals surface area (Å²) in [6, 6.07) is 3.97. The van der Waals surface area contributed by atoms with E-state index in [2.05, 4.69) is 30.9 Å². The van der Waals surface area contributed by atoms with Crippen molar-refractivity contribution in [2.45, 2.75) is 19.8 Å². The first-order valence-corrected chi connectivity index (χ1v) is 8.84. The van der Waals surface area contributed by atoms with Crippen LogP contribution in [0.4, 0.5) is 0 Å². The highest BCUT2D eigenvalue weighted by molar-refractivity contribution is 6.37. The van der Waals surface area contributed by atoms with Crippen LogP contribution in [0.25, 0.3) is 10.9 Å². The summed E-state index contributed by atoms with van der Waals surface area (Å²) >= 11 is 6.48. The maximum Gasteiger partial charge on any atom is 0.328 e. The number of nitrogens with one attached hydrogen (secondary N) is 1. The first-order chi connectivity index (χ1) is 12.8. The summed E-state index contributed by atoms with van der Waals surface area (Å²) in [6.07, 6.45) is 5.12. The second kappa shape index (κ2) is 11.3. The fraction of sp³-hybridized carbons (Fsp3) is 0.368. The number of benzene rings is 1. The SMILES string of the molecule is CCCOc1ccc2[nH]cc(CCN(C)C)c2c1Cl.O=C(O)/C=C/C(=O)O. The Balaban J connectivity index is 0.000000387. The second-order valence-electron chi connectivity index (χ2n) is 6.03. The van der Waals surface area contributed by atoms with Crippen LogP contribution in [0.15, 0.2) is 30.5 Å². The molecule has 0 spiro atoms. The van der Waals surface area contributed by atoms with E-state index in [9.17, 15) is 9.59 Å². The number of halogens is 1. The maximum absolute atomic E-state index is 9.55. The van der Waals surface area contributed by atoms with Crippen LogP contribution in [0.3, 0.4) is 0 Å². The van der Waals surface area contributed by atoms with Gasteiger partial charge in [0.2, 0.25) is 0 Å². The van der Waals surface area contributed by atoms with Crippen molar-refractivity contribution in [3.05, 3.63) is 41.1 Å². The minimum absolute atomic E-state index is 0.558. The van der Waals surface area contributed by atoms with E-state index >= 15 is 0 Å². The highest BCUT2D eigenvalue weighted by Gasteiger charge is 2.12. The first-order valence-electron chi connectivity index (χ1n) is 8.46. The van der Waals surface area contributed by atoms with Gasteiger partial charge in [0.15, 0.2) is 0 Å². The van der Waals surface area contributed by atoms with Crippen LogP contribution in [0.5, 0.6) is 5.75 Å². The lowest BCUT2D eigenvalue weighted by Crippen LogP contribution is -2.14. The number of aliphatic carboxylic acids is 2. The number of aromatic amines is 1. The number of hydrogen-bond donors (Lipinski definition) is 3. The minimum Gasteiger partial charge on any atom is -0.492 e. The molecule has 0 saturated carbocycles. The van der Waals surface area contributed by atoms with Crippen LogP contribution in [0.1, 0.15) is 18.9 Å². The molecule has 0 saturated heterocycles. The van der Waals surface area contributed by atoms with Gasteiger partial charge in [0, 0.05) is 35.8 Å². The van der Waals surface area contributed by atoms with Gasteiger partial charge in [0.1, 0.15) is 5.75 Å². The van der Waals surface area contributed by atoms with Gasteiger partial charge in [-0.05, 0) is 44.6 Å². The molecule has 8 heteroatoms. The Hall–Kier alpha value is -2.51. The molecule has 0 aliphatic rings. The molecule has 1 aromatic carbocycles. The summed E-state index contributed by atoms with van der Waals surface area (Å²) in [5, 5.41) is 17.4. The van der Waals surface area contributed by atoms with E-state index in [1.54, 1.807) is 0 Å². The molecule has 2 aromatic rings. The molecule has 0 amide bonds. The minimum atomic E-state index is -1.26. The third-order valence-electron chi connectivity index (χ3n) is 3.49. The van der Waals surface area contributed by atoms with Crippen molar-refractivity contribution in [1.82, 2.24) is 9.88 Å². The van der Waals surface area contributed by atoms with E-state index in [1.165, 1.54) is 5.56 Å². The molecule has 7 nitrogen and oxygen atoms in total. The smallest absolute Gasteiger partial charge is 0.328 e. The second-order valence-corrected chi connectivity index (χ2v) is 6.40. The van der Waals surface area contributed by atoms with E-state index < -0.39 is 11.9 Å². The number of carboxylic acid groups (broad SMARTS) is 2.